The molecule has 20 heavy (non-hydrogen) atoms. The van der Waals surface area contributed by atoms with Crippen molar-refractivity contribution >= 4 is 28.4 Å². The van der Waals surface area contributed by atoms with Crippen LogP contribution in [0.4, 0.5) is 26.3 Å². The number of aromatic nitrogens is 1. The molecule has 1 aromatic heterocycles. The van der Waals surface area contributed by atoms with E-state index in [1.165, 1.54) is 0 Å². The maximum Gasteiger partial charge on any atom is 0.574 e. The zero-order chi connectivity index (χ0) is 15.7. The van der Waals surface area contributed by atoms with Crippen LogP contribution in [0, 0.1) is 0 Å². The van der Waals surface area contributed by atoms with E-state index in [1.807, 2.05) is 0 Å². The highest BCUT2D eigenvalue weighted by atomic mass is 35.5. The molecular weight excluding hydrogens is 339 g/mol. The molecule has 112 valence electrons. The molecule has 0 bridgehead atoms. The van der Waals surface area contributed by atoms with Crippen LogP contribution < -0.4 is 4.74 Å². The first-order valence-corrected chi connectivity index (χ1v) is 5.49. The van der Waals surface area contributed by atoms with Gasteiger partial charge in [-0.1, -0.05) is 0 Å². The van der Waals surface area contributed by atoms with E-state index in [1.54, 1.807) is 0 Å². The van der Waals surface area contributed by atoms with Crippen LogP contribution in [0.1, 0.15) is 21.6 Å². The number of pyridine rings is 1. The normalized spacial score (nSPS) is 12.4. The highest BCUT2D eigenvalue weighted by molar-refractivity contribution is 6.67. The molecule has 0 saturated carbocycles. The van der Waals surface area contributed by atoms with Crippen molar-refractivity contribution in [3.05, 3.63) is 22.9 Å². The molecule has 0 unspecified atom stereocenters. The Morgan fingerprint density at radius 2 is 1.80 bits per heavy atom. The molecule has 0 fully saturated rings. The number of ether oxygens (including phenoxy) is 1. The molecule has 0 aliphatic carbocycles. The van der Waals surface area contributed by atoms with Crippen molar-refractivity contribution in [1.82, 2.24) is 4.98 Å². The molecule has 11 heteroatoms. The maximum absolute atomic E-state index is 12.6. The smallest absolute Gasteiger partial charge is 0.388 e. The van der Waals surface area contributed by atoms with Crippen LogP contribution in [0.25, 0.3) is 0 Å². The third-order valence-corrected chi connectivity index (χ3v) is 2.38. The van der Waals surface area contributed by atoms with Gasteiger partial charge in [-0.05, 0) is 17.7 Å². The second kappa shape index (κ2) is 5.65. The topological polar surface area (TPSA) is 39.2 Å². The molecule has 3 nitrogen and oxygen atoms in total. The Morgan fingerprint density at radius 3 is 2.15 bits per heavy atom. The van der Waals surface area contributed by atoms with Crippen molar-refractivity contribution < 1.29 is 35.9 Å². The Labute approximate surface area is 117 Å². The molecule has 1 aromatic rings. The van der Waals surface area contributed by atoms with Crippen molar-refractivity contribution in [2.24, 2.45) is 0 Å². The van der Waals surface area contributed by atoms with Gasteiger partial charge >= 0.3 is 12.5 Å². The van der Waals surface area contributed by atoms with Gasteiger partial charge in [0.2, 0.25) is 5.88 Å². The fourth-order valence-corrected chi connectivity index (χ4v) is 1.53. The van der Waals surface area contributed by atoms with E-state index >= 15 is 0 Å². The quantitative estimate of drug-likeness (QED) is 0.471. The summed E-state index contributed by atoms with van der Waals surface area (Å²) in [6.07, 6.45) is -10.2. The minimum absolute atomic E-state index is 0.233. The number of hydrogen-bond donors (Lipinski definition) is 0. The van der Waals surface area contributed by atoms with Gasteiger partial charge in [0.05, 0.1) is 11.4 Å². The Kier molecular flexibility index (Phi) is 4.75. The van der Waals surface area contributed by atoms with Gasteiger partial charge < -0.3 is 4.74 Å². The standard InChI is InChI=1S/C9H3Cl2F6NO2/c10-2-3-1-4(8(12,13)14)5(6(11)19)18-7(3)20-9(15,16)17/h1H,2H2. The molecule has 0 saturated heterocycles. The monoisotopic (exact) mass is 341 g/mol. The van der Waals surface area contributed by atoms with Crippen LogP contribution in [0.2, 0.25) is 0 Å². The van der Waals surface area contributed by atoms with Gasteiger partial charge in [0, 0.05) is 5.56 Å². The van der Waals surface area contributed by atoms with Crippen LogP contribution in [-0.4, -0.2) is 16.6 Å². The fraction of sp³-hybridized carbons (Fsp3) is 0.333. The van der Waals surface area contributed by atoms with Gasteiger partial charge in [-0.2, -0.15) is 13.2 Å². The Bertz CT molecular complexity index is 528. The van der Waals surface area contributed by atoms with Crippen LogP contribution in [-0.2, 0) is 12.1 Å². The van der Waals surface area contributed by atoms with Crippen LogP contribution >= 0.6 is 23.2 Å². The predicted octanol–water partition coefficient (Wildman–Crippen LogP) is 4.12. The summed E-state index contributed by atoms with van der Waals surface area (Å²) in [6, 6.07) is 0.233. The molecule has 0 radical (unpaired) electrons. The maximum atomic E-state index is 12.6. The third kappa shape index (κ3) is 4.14. The van der Waals surface area contributed by atoms with E-state index in [0.29, 0.717) is 0 Å². The Balaban J connectivity index is 3.49. The van der Waals surface area contributed by atoms with Gasteiger partial charge in [0.15, 0.2) is 0 Å². The highest BCUT2D eigenvalue weighted by Crippen LogP contribution is 2.36. The molecule has 0 amide bonds. The lowest BCUT2D eigenvalue weighted by Gasteiger charge is -2.15. The largest absolute Gasteiger partial charge is 0.574 e. The summed E-state index contributed by atoms with van der Waals surface area (Å²) in [6.45, 7) is 0. The van der Waals surface area contributed by atoms with Crippen molar-refractivity contribution in [3.63, 3.8) is 0 Å². The number of halogens is 8. The lowest BCUT2D eigenvalue weighted by molar-refractivity contribution is -0.276. The highest BCUT2D eigenvalue weighted by Gasteiger charge is 2.39. The summed E-state index contributed by atoms with van der Waals surface area (Å²) in [5.74, 6) is -2.00. The summed E-state index contributed by atoms with van der Waals surface area (Å²) >= 11 is 10.1. The van der Waals surface area contributed by atoms with Crippen LogP contribution in [0.5, 0.6) is 5.88 Å². The molecule has 0 atom stereocenters. The second-order valence-electron chi connectivity index (χ2n) is 3.30. The number of alkyl halides is 7. The van der Waals surface area contributed by atoms with E-state index in [-0.39, 0.29) is 6.07 Å². The molecule has 0 aromatic carbocycles. The fourth-order valence-electron chi connectivity index (χ4n) is 1.20. The summed E-state index contributed by atoms with van der Waals surface area (Å²) in [4.78, 5) is 13.7. The summed E-state index contributed by atoms with van der Waals surface area (Å²) < 4.78 is 77.6. The molecule has 0 aliphatic heterocycles. The molecular formula is C9H3Cl2F6NO2. The zero-order valence-corrected chi connectivity index (χ0v) is 10.6. The second-order valence-corrected chi connectivity index (χ2v) is 3.91. The van der Waals surface area contributed by atoms with E-state index in [0.717, 1.165) is 0 Å². The van der Waals surface area contributed by atoms with Crippen molar-refractivity contribution in [2.45, 2.75) is 18.4 Å². The van der Waals surface area contributed by atoms with Gasteiger partial charge in [-0.15, -0.1) is 24.8 Å². The average Bonchev–Trinajstić information content (AvgIpc) is 2.24. The van der Waals surface area contributed by atoms with E-state index in [2.05, 4.69) is 9.72 Å². The third-order valence-electron chi connectivity index (χ3n) is 1.91. The first-order valence-electron chi connectivity index (χ1n) is 4.58. The number of carbonyl (C=O) groups is 1. The number of hydrogen-bond acceptors (Lipinski definition) is 3. The van der Waals surface area contributed by atoms with Crippen molar-refractivity contribution in [1.29, 1.82) is 0 Å². The van der Waals surface area contributed by atoms with Gasteiger partial charge in [-0.25, -0.2) is 4.98 Å². The average molecular weight is 342 g/mol. The minimum atomic E-state index is -5.21. The molecule has 1 heterocycles. The Morgan fingerprint density at radius 1 is 1.25 bits per heavy atom. The minimum Gasteiger partial charge on any atom is -0.388 e. The van der Waals surface area contributed by atoms with Crippen molar-refractivity contribution in [3.8, 4) is 5.88 Å². The first-order chi connectivity index (χ1) is 8.95. The van der Waals surface area contributed by atoms with E-state index < -0.39 is 46.4 Å². The zero-order valence-electron chi connectivity index (χ0n) is 9.07. The summed E-state index contributed by atoms with van der Waals surface area (Å²) in [7, 11) is 0. The molecule has 0 N–H and O–H groups in total. The summed E-state index contributed by atoms with van der Waals surface area (Å²) in [5.41, 5.74) is -3.67. The predicted molar refractivity (Wildman–Crippen MR) is 55.7 cm³/mol. The van der Waals surface area contributed by atoms with Gasteiger partial charge in [0.25, 0.3) is 5.24 Å². The molecule has 0 aliphatic rings. The molecule has 1 rings (SSSR count). The lowest BCUT2D eigenvalue weighted by Crippen LogP contribution is -2.21. The van der Waals surface area contributed by atoms with Gasteiger partial charge in [-0.3, -0.25) is 4.79 Å². The van der Waals surface area contributed by atoms with Crippen LogP contribution in [0.3, 0.4) is 0 Å². The number of nitrogens with zero attached hydrogens (tertiary/aromatic N) is 1. The molecule has 0 spiro atoms. The van der Waals surface area contributed by atoms with E-state index in [9.17, 15) is 31.1 Å². The number of carbonyl (C=O) groups excluding carboxylic acids is 1. The summed E-state index contributed by atoms with van der Waals surface area (Å²) in [5, 5.41) is -1.68. The first kappa shape index (κ1) is 16.8. The number of rotatable bonds is 3. The van der Waals surface area contributed by atoms with E-state index in [4.69, 9.17) is 23.2 Å². The van der Waals surface area contributed by atoms with Crippen molar-refractivity contribution in [2.75, 3.05) is 0 Å². The SMILES string of the molecule is O=C(Cl)c1nc(OC(F)(F)F)c(CCl)cc1C(F)(F)F. The van der Waals surface area contributed by atoms with Gasteiger partial charge in [0.1, 0.15) is 5.69 Å². The Hall–Kier alpha value is -1.22. The lowest BCUT2D eigenvalue weighted by atomic mass is 10.1. The van der Waals surface area contributed by atoms with Crippen LogP contribution in [0.15, 0.2) is 6.07 Å².